The molecular weight excluding hydrogens is 288 g/mol. The lowest BCUT2D eigenvalue weighted by molar-refractivity contribution is 0.569. The maximum atomic E-state index is 5.94. The summed E-state index contributed by atoms with van der Waals surface area (Å²) in [5.41, 5.74) is 7.95. The molecular formula is C12H16BrClN2. The van der Waals surface area contributed by atoms with Gasteiger partial charge in [0.1, 0.15) is 0 Å². The van der Waals surface area contributed by atoms with Gasteiger partial charge in [-0.2, -0.15) is 0 Å². The van der Waals surface area contributed by atoms with Gasteiger partial charge < -0.3 is 11.1 Å². The summed E-state index contributed by atoms with van der Waals surface area (Å²) in [6, 6.07) is 5.97. The normalized spacial score (nSPS) is 12.5. The molecule has 0 bridgehead atoms. The Morgan fingerprint density at radius 2 is 2.31 bits per heavy atom. The van der Waals surface area contributed by atoms with Crippen molar-refractivity contribution in [2.75, 3.05) is 13.1 Å². The molecule has 0 aliphatic heterocycles. The highest BCUT2D eigenvalue weighted by Gasteiger charge is 2.10. The van der Waals surface area contributed by atoms with Crippen molar-refractivity contribution in [1.29, 1.82) is 0 Å². The molecule has 0 saturated carbocycles. The zero-order chi connectivity index (χ0) is 12.1. The van der Waals surface area contributed by atoms with Crippen LogP contribution in [0.3, 0.4) is 0 Å². The van der Waals surface area contributed by atoms with E-state index in [-0.39, 0.29) is 6.04 Å². The van der Waals surface area contributed by atoms with E-state index in [9.17, 15) is 0 Å². The van der Waals surface area contributed by atoms with Crippen LogP contribution in [0, 0.1) is 0 Å². The Labute approximate surface area is 110 Å². The van der Waals surface area contributed by atoms with Crippen LogP contribution in [0.25, 0.3) is 0 Å². The van der Waals surface area contributed by atoms with E-state index in [4.69, 9.17) is 17.3 Å². The van der Waals surface area contributed by atoms with Crippen molar-refractivity contribution in [3.8, 4) is 0 Å². The lowest BCUT2D eigenvalue weighted by Gasteiger charge is -2.17. The molecule has 1 atom stereocenters. The fourth-order valence-electron chi connectivity index (χ4n) is 1.36. The van der Waals surface area contributed by atoms with E-state index in [1.54, 1.807) is 0 Å². The van der Waals surface area contributed by atoms with Gasteiger partial charge in [-0.15, -0.1) is 0 Å². The molecule has 1 unspecified atom stereocenters. The third-order valence-corrected chi connectivity index (χ3v) is 3.45. The average molecular weight is 304 g/mol. The summed E-state index contributed by atoms with van der Waals surface area (Å²) in [5, 5.41) is 4.05. The third kappa shape index (κ3) is 3.91. The predicted molar refractivity (Wildman–Crippen MR) is 73.8 cm³/mol. The molecule has 0 fully saturated rings. The molecule has 88 valence electrons. The first kappa shape index (κ1) is 13.7. The van der Waals surface area contributed by atoms with Crippen molar-refractivity contribution in [3.63, 3.8) is 0 Å². The van der Waals surface area contributed by atoms with Crippen LogP contribution in [0.15, 0.2) is 34.8 Å². The first-order valence-electron chi connectivity index (χ1n) is 5.07. The monoisotopic (exact) mass is 302 g/mol. The lowest BCUT2D eigenvalue weighted by atomic mass is 10.1. The molecule has 0 saturated heterocycles. The maximum Gasteiger partial charge on any atom is 0.0548 e. The van der Waals surface area contributed by atoms with Gasteiger partial charge >= 0.3 is 0 Å². The van der Waals surface area contributed by atoms with Gasteiger partial charge in [0.2, 0.25) is 0 Å². The number of rotatable bonds is 5. The van der Waals surface area contributed by atoms with Crippen molar-refractivity contribution in [2.45, 2.75) is 13.0 Å². The molecule has 1 rings (SSSR count). The van der Waals surface area contributed by atoms with E-state index in [1.807, 2.05) is 25.1 Å². The highest BCUT2D eigenvalue weighted by molar-refractivity contribution is 9.10. The quantitative estimate of drug-likeness (QED) is 0.819. The fraction of sp³-hybridized carbons (Fsp3) is 0.333. The van der Waals surface area contributed by atoms with Crippen LogP contribution >= 0.6 is 27.5 Å². The molecule has 4 heteroatoms. The van der Waals surface area contributed by atoms with Gasteiger partial charge in [-0.1, -0.05) is 29.8 Å². The van der Waals surface area contributed by atoms with Gasteiger partial charge in [0.15, 0.2) is 0 Å². The van der Waals surface area contributed by atoms with Crippen molar-refractivity contribution in [1.82, 2.24) is 5.32 Å². The molecule has 0 aliphatic carbocycles. The minimum absolute atomic E-state index is 0.130. The van der Waals surface area contributed by atoms with E-state index >= 15 is 0 Å². The van der Waals surface area contributed by atoms with Crippen LogP contribution < -0.4 is 11.1 Å². The minimum Gasteiger partial charge on any atom is -0.329 e. The second kappa shape index (κ2) is 6.40. The van der Waals surface area contributed by atoms with Crippen molar-refractivity contribution in [3.05, 3.63) is 45.4 Å². The van der Waals surface area contributed by atoms with Gasteiger partial charge in [0.05, 0.1) is 5.02 Å². The number of nitrogens with one attached hydrogen (secondary N) is 1. The van der Waals surface area contributed by atoms with Gasteiger partial charge in [-0.25, -0.2) is 0 Å². The molecule has 1 aromatic carbocycles. The van der Waals surface area contributed by atoms with Crippen molar-refractivity contribution >= 4 is 27.5 Å². The third-order valence-electron chi connectivity index (χ3n) is 2.23. The molecule has 16 heavy (non-hydrogen) atoms. The molecule has 0 spiro atoms. The molecule has 0 aromatic heterocycles. The van der Waals surface area contributed by atoms with Gasteiger partial charge in [0, 0.05) is 23.6 Å². The van der Waals surface area contributed by atoms with Crippen LogP contribution in [0.4, 0.5) is 0 Å². The second-order valence-electron chi connectivity index (χ2n) is 3.80. The van der Waals surface area contributed by atoms with Gasteiger partial charge in [-0.05, 0) is 40.5 Å². The largest absolute Gasteiger partial charge is 0.329 e. The van der Waals surface area contributed by atoms with E-state index < -0.39 is 0 Å². The van der Waals surface area contributed by atoms with Gasteiger partial charge in [-0.3, -0.25) is 0 Å². The smallest absolute Gasteiger partial charge is 0.0548 e. The van der Waals surface area contributed by atoms with Crippen LogP contribution in [0.2, 0.25) is 5.02 Å². The minimum atomic E-state index is 0.130. The number of hydrogen-bond acceptors (Lipinski definition) is 2. The highest BCUT2D eigenvalue weighted by atomic mass is 79.9. The van der Waals surface area contributed by atoms with E-state index in [0.717, 1.165) is 22.2 Å². The van der Waals surface area contributed by atoms with E-state index in [0.29, 0.717) is 11.6 Å². The summed E-state index contributed by atoms with van der Waals surface area (Å²) in [6.45, 7) is 7.15. The summed E-state index contributed by atoms with van der Waals surface area (Å²) in [7, 11) is 0. The van der Waals surface area contributed by atoms with E-state index in [1.165, 1.54) is 0 Å². The topological polar surface area (TPSA) is 38.0 Å². The molecule has 3 N–H and O–H groups in total. The summed E-state index contributed by atoms with van der Waals surface area (Å²) in [4.78, 5) is 0. The zero-order valence-electron chi connectivity index (χ0n) is 9.26. The summed E-state index contributed by atoms with van der Waals surface area (Å²) in [5.74, 6) is 0. The number of hydrogen-bond donors (Lipinski definition) is 2. The van der Waals surface area contributed by atoms with Crippen LogP contribution in [0.5, 0.6) is 0 Å². The Morgan fingerprint density at radius 1 is 1.62 bits per heavy atom. The summed E-state index contributed by atoms with van der Waals surface area (Å²) < 4.78 is 0.891. The second-order valence-corrected chi connectivity index (χ2v) is 5.06. The first-order chi connectivity index (χ1) is 7.54. The molecule has 0 amide bonds. The summed E-state index contributed by atoms with van der Waals surface area (Å²) in [6.07, 6.45) is 0. The molecule has 2 nitrogen and oxygen atoms in total. The SMILES string of the molecule is C=C(C)CNC(CN)c1ccc(Cl)c(Br)c1. The first-order valence-corrected chi connectivity index (χ1v) is 6.24. The van der Waals surface area contributed by atoms with Crippen molar-refractivity contribution in [2.24, 2.45) is 5.73 Å². The maximum absolute atomic E-state index is 5.94. The Balaban J connectivity index is 2.78. The van der Waals surface area contributed by atoms with Crippen molar-refractivity contribution < 1.29 is 0 Å². The standard InChI is InChI=1S/C12H16BrClN2/c1-8(2)7-16-12(6-15)9-3-4-11(14)10(13)5-9/h3-5,12,16H,1,6-7,15H2,2H3. The Hall–Kier alpha value is -0.350. The highest BCUT2D eigenvalue weighted by Crippen LogP contribution is 2.25. The predicted octanol–water partition coefficient (Wildman–Crippen LogP) is 3.27. The van der Waals surface area contributed by atoms with Crippen LogP contribution in [0.1, 0.15) is 18.5 Å². The summed E-state index contributed by atoms with van der Waals surface area (Å²) >= 11 is 9.35. The van der Waals surface area contributed by atoms with E-state index in [2.05, 4.69) is 27.8 Å². The molecule has 0 heterocycles. The van der Waals surface area contributed by atoms with Crippen LogP contribution in [-0.4, -0.2) is 13.1 Å². The number of nitrogens with two attached hydrogens (primary N) is 1. The lowest BCUT2D eigenvalue weighted by Crippen LogP contribution is -2.29. The number of halogens is 2. The zero-order valence-corrected chi connectivity index (χ0v) is 11.6. The average Bonchev–Trinajstić information content (AvgIpc) is 2.23. The number of benzene rings is 1. The fourth-order valence-corrected chi connectivity index (χ4v) is 1.88. The Bertz CT molecular complexity index is 379. The Kier molecular flexibility index (Phi) is 5.49. The molecule has 1 aromatic rings. The van der Waals surface area contributed by atoms with Crippen LogP contribution in [-0.2, 0) is 0 Å². The molecule has 0 aliphatic rings. The molecule has 0 radical (unpaired) electrons. The Morgan fingerprint density at radius 3 is 2.81 bits per heavy atom. The van der Waals surface area contributed by atoms with Gasteiger partial charge in [0.25, 0.3) is 0 Å².